The van der Waals surface area contributed by atoms with Crippen LogP contribution >= 0.6 is 0 Å². The fourth-order valence-corrected chi connectivity index (χ4v) is 4.04. The van der Waals surface area contributed by atoms with Crippen molar-refractivity contribution in [3.8, 4) is 0 Å². The van der Waals surface area contributed by atoms with Crippen LogP contribution < -0.4 is 5.43 Å². The maximum atomic E-state index is 12.8. The van der Waals surface area contributed by atoms with Gasteiger partial charge in [-0.25, -0.2) is 0 Å². The van der Waals surface area contributed by atoms with E-state index in [1.165, 1.54) is 0 Å². The van der Waals surface area contributed by atoms with E-state index in [0.717, 1.165) is 0 Å². The monoisotopic (exact) mass is 408 g/mol. The van der Waals surface area contributed by atoms with Crippen LogP contribution in [-0.4, -0.2) is 53.2 Å². The molecule has 156 valence electrons. The first kappa shape index (κ1) is 20.1. The number of aromatic nitrogens is 1. The minimum Gasteiger partial charge on any atom is -0.454 e. The number of hydrogen-bond acceptors (Lipinski definition) is 5. The Morgan fingerprint density at radius 2 is 1.50 bits per heavy atom. The minimum atomic E-state index is -0.531. The number of ether oxygens (including phenoxy) is 2. The normalized spacial score (nSPS) is 19.2. The zero-order chi connectivity index (χ0) is 21.3. The van der Waals surface area contributed by atoms with E-state index in [1.54, 1.807) is 45.9 Å². The van der Waals surface area contributed by atoms with Crippen LogP contribution in [0.25, 0.3) is 21.8 Å². The van der Waals surface area contributed by atoms with E-state index >= 15 is 0 Å². The Morgan fingerprint density at radius 1 is 0.967 bits per heavy atom. The summed E-state index contributed by atoms with van der Waals surface area (Å²) >= 11 is 0. The third-order valence-corrected chi connectivity index (χ3v) is 5.30. The van der Waals surface area contributed by atoms with Crippen LogP contribution in [0.4, 0.5) is 0 Å². The van der Waals surface area contributed by atoms with Crippen molar-refractivity contribution >= 4 is 33.7 Å². The van der Waals surface area contributed by atoms with Crippen molar-refractivity contribution in [2.75, 3.05) is 19.7 Å². The van der Waals surface area contributed by atoms with Crippen molar-refractivity contribution in [1.29, 1.82) is 0 Å². The van der Waals surface area contributed by atoms with Crippen LogP contribution in [0.15, 0.2) is 53.3 Å². The van der Waals surface area contributed by atoms with Crippen LogP contribution in [0.3, 0.4) is 0 Å². The first-order valence-electron chi connectivity index (χ1n) is 10.0. The van der Waals surface area contributed by atoms with Crippen LogP contribution in [0.2, 0.25) is 0 Å². The topological polar surface area (TPSA) is 77.8 Å². The highest BCUT2D eigenvalue weighted by Gasteiger charge is 2.26. The molecule has 1 aromatic heterocycles. The van der Waals surface area contributed by atoms with Gasteiger partial charge in [-0.15, -0.1) is 0 Å². The fourth-order valence-electron chi connectivity index (χ4n) is 4.04. The summed E-state index contributed by atoms with van der Waals surface area (Å²) in [6.45, 7) is 4.38. The molecule has 1 aliphatic heterocycles. The lowest BCUT2D eigenvalue weighted by Gasteiger charge is -2.35. The molecule has 2 aromatic carbocycles. The van der Waals surface area contributed by atoms with E-state index in [0.29, 0.717) is 34.9 Å². The molecule has 2 atom stereocenters. The predicted octanol–water partition coefficient (Wildman–Crippen LogP) is 2.33. The molecule has 7 heteroatoms. The van der Waals surface area contributed by atoms with Gasteiger partial charge in [0.2, 0.25) is 0 Å². The number of carbonyl (C=O) groups excluding carboxylic acids is 2. The fraction of sp³-hybridized carbons (Fsp3) is 0.348. The third kappa shape index (κ3) is 3.93. The second-order valence-corrected chi connectivity index (χ2v) is 7.67. The highest BCUT2D eigenvalue weighted by atomic mass is 16.5. The maximum Gasteiger partial charge on any atom is 0.326 e. The Balaban J connectivity index is 1.54. The Hall–Kier alpha value is -3.19. The molecule has 2 heterocycles. The van der Waals surface area contributed by atoms with Crippen molar-refractivity contribution in [1.82, 2.24) is 9.47 Å². The number of esters is 1. The molecule has 30 heavy (non-hydrogen) atoms. The molecule has 1 amide bonds. The number of morpholine rings is 1. The van der Waals surface area contributed by atoms with Crippen LogP contribution in [0.5, 0.6) is 0 Å². The summed E-state index contributed by atoms with van der Waals surface area (Å²) < 4.78 is 12.7. The summed E-state index contributed by atoms with van der Waals surface area (Å²) in [6.07, 6.45) is -0.0976. The Kier molecular flexibility index (Phi) is 5.55. The first-order valence-corrected chi connectivity index (χ1v) is 10.0. The SMILES string of the molecule is CC1CN(C(=O)COC(=O)Cn2c3ccccc3c(=O)c3ccccc32)CC(C)O1. The molecule has 0 bridgehead atoms. The molecule has 0 N–H and O–H groups in total. The highest BCUT2D eigenvalue weighted by molar-refractivity contribution is 5.94. The summed E-state index contributed by atoms with van der Waals surface area (Å²) in [5.74, 6) is -0.767. The maximum absolute atomic E-state index is 12.8. The van der Waals surface area contributed by atoms with Gasteiger partial charge in [-0.2, -0.15) is 0 Å². The van der Waals surface area contributed by atoms with Crippen molar-refractivity contribution in [3.05, 3.63) is 58.8 Å². The van der Waals surface area contributed by atoms with E-state index in [1.807, 2.05) is 26.0 Å². The van der Waals surface area contributed by atoms with Crippen LogP contribution in [0, 0.1) is 0 Å². The Labute approximate surface area is 173 Å². The van der Waals surface area contributed by atoms with Gasteiger partial charge in [0, 0.05) is 23.9 Å². The van der Waals surface area contributed by atoms with Crippen LogP contribution in [-0.2, 0) is 25.6 Å². The smallest absolute Gasteiger partial charge is 0.326 e. The largest absolute Gasteiger partial charge is 0.454 e. The first-order chi connectivity index (χ1) is 14.4. The molecule has 1 saturated heterocycles. The summed E-state index contributed by atoms with van der Waals surface area (Å²) in [4.78, 5) is 39.5. The molecule has 0 aliphatic carbocycles. The lowest BCUT2D eigenvalue weighted by Crippen LogP contribution is -2.49. The molecule has 7 nitrogen and oxygen atoms in total. The molecule has 4 rings (SSSR count). The van der Waals surface area contributed by atoms with E-state index in [2.05, 4.69) is 0 Å². The number of pyridine rings is 1. The standard InChI is InChI=1S/C23H24N2O5/c1-15-11-24(12-16(2)30-15)21(26)14-29-22(27)13-25-19-9-5-3-7-17(19)23(28)18-8-4-6-10-20(18)25/h3-10,15-16H,11-14H2,1-2H3. The molecule has 1 fully saturated rings. The average molecular weight is 408 g/mol. The minimum absolute atomic E-state index is 0.0488. The number of hydrogen-bond donors (Lipinski definition) is 0. The quantitative estimate of drug-likeness (QED) is 0.489. The number of para-hydroxylation sites is 2. The van der Waals surface area contributed by atoms with Gasteiger partial charge < -0.3 is 18.9 Å². The zero-order valence-corrected chi connectivity index (χ0v) is 17.0. The van der Waals surface area contributed by atoms with E-state index in [9.17, 15) is 14.4 Å². The summed E-state index contributed by atoms with van der Waals surface area (Å²) in [5.41, 5.74) is 1.23. The molecule has 0 saturated carbocycles. The second kappa shape index (κ2) is 8.28. The number of amides is 1. The summed E-state index contributed by atoms with van der Waals surface area (Å²) in [5, 5.41) is 1.08. The molecular formula is C23H24N2O5. The van der Waals surface area contributed by atoms with Crippen LogP contribution in [0.1, 0.15) is 13.8 Å². The average Bonchev–Trinajstić information content (AvgIpc) is 2.74. The Morgan fingerprint density at radius 3 is 2.07 bits per heavy atom. The molecule has 2 unspecified atom stereocenters. The van der Waals surface area contributed by atoms with Gasteiger partial charge in [-0.3, -0.25) is 14.4 Å². The van der Waals surface area contributed by atoms with Gasteiger partial charge in [0.05, 0.1) is 23.2 Å². The molecular weight excluding hydrogens is 384 g/mol. The number of fused-ring (bicyclic) bond motifs is 2. The van der Waals surface area contributed by atoms with E-state index in [4.69, 9.17) is 9.47 Å². The third-order valence-electron chi connectivity index (χ3n) is 5.30. The second-order valence-electron chi connectivity index (χ2n) is 7.67. The zero-order valence-electron chi connectivity index (χ0n) is 17.0. The predicted molar refractivity (Wildman–Crippen MR) is 113 cm³/mol. The van der Waals surface area contributed by atoms with Crippen molar-refractivity contribution in [2.45, 2.75) is 32.6 Å². The van der Waals surface area contributed by atoms with Crippen molar-refractivity contribution < 1.29 is 19.1 Å². The van der Waals surface area contributed by atoms with Gasteiger partial charge >= 0.3 is 5.97 Å². The Bertz CT molecular complexity index is 1100. The number of nitrogens with zero attached hydrogens (tertiary/aromatic N) is 2. The lowest BCUT2D eigenvalue weighted by molar-refractivity contribution is -0.157. The summed E-state index contributed by atoms with van der Waals surface area (Å²) in [6, 6.07) is 14.3. The molecule has 0 radical (unpaired) electrons. The van der Waals surface area contributed by atoms with Gasteiger partial charge in [-0.1, -0.05) is 24.3 Å². The molecule has 1 aliphatic rings. The highest BCUT2D eigenvalue weighted by Crippen LogP contribution is 2.19. The van der Waals surface area contributed by atoms with Gasteiger partial charge in [-0.05, 0) is 38.1 Å². The van der Waals surface area contributed by atoms with Gasteiger partial charge in [0.25, 0.3) is 5.91 Å². The summed E-state index contributed by atoms with van der Waals surface area (Å²) in [7, 11) is 0. The van der Waals surface area contributed by atoms with Crippen molar-refractivity contribution in [2.24, 2.45) is 0 Å². The van der Waals surface area contributed by atoms with Gasteiger partial charge in [0.15, 0.2) is 12.0 Å². The number of carbonyl (C=O) groups is 2. The van der Waals surface area contributed by atoms with Gasteiger partial charge in [0.1, 0.15) is 6.54 Å². The number of benzene rings is 2. The molecule has 0 spiro atoms. The van der Waals surface area contributed by atoms with Crippen molar-refractivity contribution in [3.63, 3.8) is 0 Å². The lowest BCUT2D eigenvalue weighted by atomic mass is 10.1. The number of rotatable bonds is 4. The van der Waals surface area contributed by atoms with E-state index < -0.39 is 5.97 Å². The van der Waals surface area contributed by atoms with E-state index in [-0.39, 0.29) is 36.7 Å². The molecule has 3 aromatic rings.